The number of thioether (sulfide) groups is 1. The predicted molar refractivity (Wildman–Crippen MR) is 95.1 cm³/mol. The van der Waals surface area contributed by atoms with Crippen molar-refractivity contribution >= 4 is 21.8 Å². The van der Waals surface area contributed by atoms with Crippen LogP contribution in [0.2, 0.25) is 0 Å². The first-order valence-electron chi connectivity index (χ1n) is 7.98. The van der Waals surface area contributed by atoms with Gasteiger partial charge in [-0.2, -0.15) is 29.2 Å². The highest BCUT2D eigenvalue weighted by Crippen LogP contribution is 2.29. The second-order valence-corrected chi connectivity index (χ2v) is 9.48. The fourth-order valence-corrected chi connectivity index (χ4v) is 5.76. The molecule has 1 heterocycles. The third-order valence-electron chi connectivity index (χ3n) is 3.95. The van der Waals surface area contributed by atoms with Crippen LogP contribution in [0, 0.1) is 0 Å². The number of hydrogen-bond acceptors (Lipinski definition) is 4. The van der Waals surface area contributed by atoms with Gasteiger partial charge in [0.1, 0.15) is 0 Å². The first kappa shape index (κ1) is 20.5. The summed E-state index contributed by atoms with van der Waals surface area (Å²) in [6.07, 6.45) is -3.64. The third-order valence-corrected chi connectivity index (χ3v) is 7.04. The van der Waals surface area contributed by atoms with Crippen LogP contribution in [-0.2, 0) is 22.0 Å². The summed E-state index contributed by atoms with van der Waals surface area (Å²) in [6.45, 7) is 1.08. The lowest BCUT2D eigenvalue weighted by atomic mass is 10.1. The molecule has 2 rings (SSSR count). The van der Waals surface area contributed by atoms with E-state index >= 15 is 0 Å². The van der Waals surface area contributed by atoms with Gasteiger partial charge < -0.3 is 4.90 Å². The van der Waals surface area contributed by atoms with Crippen LogP contribution >= 0.6 is 11.8 Å². The van der Waals surface area contributed by atoms with Crippen LogP contribution in [0.1, 0.15) is 17.5 Å². The summed E-state index contributed by atoms with van der Waals surface area (Å²) in [5.41, 5.74) is -0.404. The van der Waals surface area contributed by atoms with E-state index in [0.29, 0.717) is 18.7 Å². The average molecular weight is 396 g/mol. The lowest BCUT2D eigenvalue weighted by Crippen LogP contribution is -2.47. The number of benzene rings is 1. The maximum absolute atomic E-state index is 12.9. The van der Waals surface area contributed by atoms with Gasteiger partial charge in [0.15, 0.2) is 0 Å². The van der Waals surface area contributed by atoms with Crippen LogP contribution < -0.4 is 0 Å². The topological polar surface area (TPSA) is 40.6 Å². The van der Waals surface area contributed by atoms with Crippen LogP contribution in [0.5, 0.6) is 0 Å². The van der Waals surface area contributed by atoms with E-state index in [1.807, 2.05) is 19.0 Å². The van der Waals surface area contributed by atoms with Gasteiger partial charge in [0, 0.05) is 24.9 Å². The second-order valence-electron chi connectivity index (χ2n) is 6.41. The highest BCUT2D eigenvalue weighted by Gasteiger charge is 2.33. The Balaban J connectivity index is 2.17. The maximum atomic E-state index is 12.9. The van der Waals surface area contributed by atoms with Crippen LogP contribution in [0.3, 0.4) is 0 Å². The van der Waals surface area contributed by atoms with E-state index in [9.17, 15) is 21.6 Å². The normalized spacial score (nSPS) is 20.6. The molecule has 0 radical (unpaired) electrons. The van der Waals surface area contributed by atoms with Crippen molar-refractivity contribution in [3.05, 3.63) is 35.4 Å². The number of likely N-dealkylation sites (N-methyl/N-ethyl adjacent to an activating group) is 1. The third kappa shape index (κ3) is 5.87. The monoisotopic (exact) mass is 396 g/mol. The molecule has 4 nitrogen and oxygen atoms in total. The van der Waals surface area contributed by atoms with Crippen molar-refractivity contribution in [3.8, 4) is 0 Å². The molecule has 1 aliphatic rings. The minimum Gasteiger partial charge on any atom is -0.308 e. The molecule has 1 aromatic carbocycles. The molecular weight excluding hydrogens is 373 g/mol. The van der Waals surface area contributed by atoms with Gasteiger partial charge in [0.2, 0.25) is 10.0 Å². The highest BCUT2D eigenvalue weighted by atomic mass is 32.2. The van der Waals surface area contributed by atoms with Gasteiger partial charge in [0.25, 0.3) is 0 Å². The molecule has 1 aromatic rings. The summed E-state index contributed by atoms with van der Waals surface area (Å²) in [5.74, 6) is 1.36. The van der Waals surface area contributed by atoms with Gasteiger partial charge in [0.05, 0.1) is 11.3 Å². The zero-order valence-electron chi connectivity index (χ0n) is 14.3. The highest BCUT2D eigenvalue weighted by molar-refractivity contribution is 7.99. The van der Waals surface area contributed by atoms with E-state index in [0.717, 1.165) is 30.1 Å². The zero-order valence-corrected chi connectivity index (χ0v) is 15.9. The summed E-state index contributed by atoms with van der Waals surface area (Å²) in [7, 11) is 0.207. The molecule has 1 atom stereocenters. The summed E-state index contributed by atoms with van der Waals surface area (Å²) in [4.78, 5) is 1.96. The van der Waals surface area contributed by atoms with Crippen molar-refractivity contribution in [2.24, 2.45) is 0 Å². The molecule has 25 heavy (non-hydrogen) atoms. The molecule has 0 aliphatic carbocycles. The average Bonchev–Trinajstić information content (AvgIpc) is 2.71. The molecular formula is C16H23F3N2O2S2. The number of nitrogens with zero attached hydrogens (tertiary/aromatic N) is 2. The molecule has 0 saturated carbocycles. The Morgan fingerprint density at radius 2 is 1.88 bits per heavy atom. The van der Waals surface area contributed by atoms with E-state index in [2.05, 4.69) is 0 Å². The lowest BCUT2D eigenvalue weighted by Gasteiger charge is -2.30. The second kappa shape index (κ2) is 8.28. The van der Waals surface area contributed by atoms with E-state index in [-0.39, 0.29) is 11.8 Å². The fourth-order valence-electron chi connectivity index (χ4n) is 2.82. The smallest absolute Gasteiger partial charge is 0.308 e. The molecule has 0 spiro atoms. The summed E-state index contributed by atoms with van der Waals surface area (Å²) >= 11 is 1.74. The van der Waals surface area contributed by atoms with Crippen molar-refractivity contribution in [3.63, 3.8) is 0 Å². The standard InChI is InChI=1S/C16H23F3N2O2S2/c1-20(2)10-15-11-24-9-3-8-21(15)25(22,23)12-13-4-6-14(7-5-13)16(17,18)19/h4-7,15H,3,8-12H2,1-2H3/t15-/m1/s1. The molecule has 0 aromatic heterocycles. The SMILES string of the molecule is CN(C)C[C@@H]1CSCCCN1S(=O)(=O)Cc1ccc(C(F)(F)F)cc1. The van der Waals surface area contributed by atoms with Gasteiger partial charge in [-0.15, -0.1) is 0 Å². The minimum absolute atomic E-state index is 0.123. The van der Waals surface area contributed by atoms with Crippen LogP contribution in [0.25, 0.3) is 0 Å². The Morgan fingerprint density at radius 3 is 2.44 bits per heavy atom. The summed E-state index contributed by atoms with van der Waals surface area (Å²) < 4.78 is 65.1. The Morgan fingerprint density at radius 1 is 1.24 bits per heavy atom. The molecule has 0 bridgehead atoms. The van der Waals surface area contributed by atoms with Gasteiger partial charge in [-0.25, -0.2) is 8.42 Å². The minimum atomic E-state index is -4.42. The molecule has 9 heteroatoms. The van der Waals surface area contributed by atoms with Gasteiger partial charge in [-0.3, -0.25) is 0 Å². The van der Waals surface area contributed by atoms with Crippen molar-refractivity contribution < 1.29 is 21.6 Å². The van der Waals surface area contributed by atoms with Crippen LogP contribution in [0.15, 0.2) is 24.3 Å². The number of hydrogen-bond donors (Lipinski definition) is 0. The van der Waals surface area contributed by atoms with Gasteiger partial charge in [-0.05, 0) is 44.0 Å². The first-order chi connectivity index (χ1) is 11.6. The lowest BCUT2D eigenvalue weighted by molar-refractivity contribution is -0.137. The van der Waals surface area contributed by atoms with E-state index in [4.69, 9.17) is 0 Å². The number of alkyl halides is 3. The first-order valence-corrected chi connectivity index (χ1v) is 10.7. The largest absolute Gasteiger partial charge is 0.416 e. The van der Waals surface area contributed by atoms with Crippen molar-refractivity contribution in [2.75, 3.05) is 38.7 Å². The van der Waals surface area contributed by atoms with Crippen molar-refractivity contribution in [1.82, 2.24) is 9.21 Å². The zero-order chi connectivity index (χ0) is 18.7. The van der Waals surface area contributed by atoms with E-state index in [1.54, 1.807) is 11.8 Å². The van der Waals surface area contributed by atoms with Gasteiger partial charge in [-0.1, -0.05) is 12.1 Å². The molecule has 1 fully saturated rings. The summed E-state index contributed by atoms with van der Waals surface area (Å²) in [5, 5.41) is 0. The van der Waals surface area contributed by atoms with Crippen LogP contribution in [-0.4, -0.2) is 62.4 Å². The molecule has 1 aliphatic heterocycles. The molecule has 0 amide bonds. The molecule has 1 saturated heterocycles. The molecule has 142 valence electrons. The predicted octanol–water partition coefficient (Wildman–Crippen LogP) is 2.90. The summed E-state index contributed by atoms with van der Waals surface area (Å²) in [6, 6.07) is 4.23. The van der Waals surface area contributed by atoms with E-state index in [1.165, 1.54) is 16.4 Å². The Bertz CT molecular complexity index is 661. The number of halogens is 3. The number of sulfonamides is 1. The van der Waals surface area contributed by atoms with E-state index < -0.39 is 21.8 Å². The van der Waals surface area contributed by atoms with Crippen molar-refractivity contribution in [1.29, 1.82) is 0 Å². The Hall–Kier alpha value is -0.770. The quantitative estimate of drug-likeness (QED) is 0.767. The number of rotatable bonds is 5. The Labute approximate surface area is 151 Å². The molecule has 0 unspecified atom stereocenters. The fraction of sp³-hybridized carbons (Fsp3) is 0.625. The van der Waals surface area contributed by atoms with Gasteiger partial charge >= 0.3 is 6.18 Å². The maximum Gasteiger partial charge on any atom is 0.416 e. The molecule has 0 N–H and O–H groups in total. The van der Waals surface area contributed by atoms with Crippen molar-refractivity contribution in [2.45, 2.75) is 24.4 Å². The Kier molecular flexibility index (Phi) is 6.80. The van der Waals surface area contributed by atoms with Crippen LogP contribution in [0.4, 0.5) is 13.2 Å².